The van der Waals surface area contributed by atoms with E-state index >= 15 is 0 Å². The lowest BCUT2D eigenvalue weighted by molar-refractivity contribution is 0.709. The first kappa shape index (κ1) is 11.0. The highest BCUT2D eigenvalue weighted by molar-refractivity contribution is 7.80. The maximum absolute atomic E-state index is 5.67. The lowest BCUT2D eigenvalue weighted by Crippen LogP contribution is -2.29. The molecule has 0 radical (unpaired) electrons. The summed E-state index contributed by atoms with van der Waals surface area (Å²) >= 11 is 5.02. The van der Waals surface area contributed by atoms with E-state index in [1.54, 1.807) is 0 Å². The van der Waals surface area contributed by atoms with Crippen LogP contribution in [0.1, 0.15) is 31.2 Å². The van der Waals surface area contributed by atoms with Crippen molar-refractivity contribution in [1.82, 2.24) is 4.98 Å². The molecule has 0 aromatic carbocycles. The van der Waals surface area contributed by atoms with E-state index in [2.05, 4.69) is 9.88 Å². The number of nitrogens with zero attached hydrogens (tertiary/aromatic N) is 2. The molecule has 1 aromatic rings. The third kappa shape index (κ3) is 2.57. The van der Waals surface area contributed by atoms with Gasteiger partial charge in [0.25, 0.3) is 0 Å². The fourth-order valence-electron chi connectivity index (χ4n) is 2.12. The minimum absolute atomic E-state index is 0.454. The second-order valence-corrected chi connectivity index (χ2v) is 5.53. The quantitative estimate of drug-likeness (QED) is 0.809. The second-order valence-electron chi connectivity index (χ2n) is 5.09. The monoisotopic (exact) mass is 247 g/mol. The molecule has 3 rings (SSSR count). The van der Waals surface area contributed by atoms with Gasteiger partial charge in [-0.3, -0.25) is 0 Å². The number of nitrogens with two attached hydrogens (primary N) is 1. The van der Waals surface area contributed by atoms with Crippen LogP contribution in [0.2, 0.25) is 0 Å². The molecule has 2 saturated carbocycles. The van der Waals surface area contributed by atoms with Gasteiger partial charge in [-0.15, -0.1) is 0 Å². The van der Waals surface area contributed by atoms with Crippen molar-refractivity contribution in [2.45, 2.75) is 31.7 Å². The molecule has 1 aromatic heterocycles. The molecule has 90 valence electrons. The average molecular weight is 247 g/mol. The summed E-state index contributed by atoms with van der Waals surface area (Å²) in [7, 11) is 0. The molecule has 2 aliphatic carbocycles. The average Bonchev–Trinajstić information content (AvgIpc) is 3.18. The van der Waals surface area contributed by atoms with Gasteiger partial charge in [-0.25, -0.2) is 4.98 Å². The largest absolute Gasteiger partial charge is 0.389 e. The van der Waals surface area contributed by atoms with E-state index in [1.165, 1.54) is 25.7 Å². The van der Waals surface area contributed by atoms with Crippen molar-refractivity contribution in [2.24, 2.45) is 11.7 Å². The molecule has 2 fully saturated rings. The third-order valence-corrected chi connectivity index (χ3v) is 3.70. The van der Waals surface area contributed by atoms with Crippen molar-refractivity contribution in [3.8, 4) is 0 Å². The van der Waals surface area contributed by atoms with E-state index in [4.69, 9.17) is 18.0 Å². The van der Waals surface area contributed by atoms with Crippen LogP contribution >= 0.6 is 12.2 Å². The van der Waals surface area contributed by atoms with Crippen molar-refractivity contribution in [1.29, 1.82) is 0 Å². The number of thiocarbonyl (C=S) groups is 1. The summed E-state index contributed by atoms with van der Waals surface area (Å²) in [6.45, 7) is 1.15. The van der Waals surface area contributed by atoms with Crippen molar-refractivity contribution in [3.05, 3.63) is 23.9 Å². The summed E-state index contributed by atoms with van der Waals surface area (Å²) in [5, 5.41) is 0. The van der Waals surface area contributed by atoms with Gasteiger partial charge in [0.2, 0.25) is 0 Å². The van der Waals surface area contributed by atoms with Crippen LogP contribution in [0.25, 0.3) is 0 Å². The summed E-state index contributed by atoms with van der Waals surface area (Å²) in [6.07, 6.45) is 7.15. The smallest absolute Gasteiger partial charge is 0.129 e. The van der Waals surface area contributed by atoms with Gasteiger partial charge >= 0.3 is 0 Å². The first-order valence-electron chi connectivity index (χ1n) is 6.26. The molecular formula is C13H17N3S. The molecule has 2 aliphatic rings. The molecule has 0 amide bonds. The predicted molar refractivity (Wildman–Crippen MR) is 73.2 cm³/mol. The zero-order valence-corrected chi connectivity index (χ0v) is 10.6. The Labute approximate surface area is 107 Å². The van der Waals surface area contributed by atoms with Gasteiger partial charge in [0.1, 0.15) is 10.8 Å². The second kappa shape index (κ2) is 4.26. The Hall–Kier alpha value is -1.16. The van der Waals surface area contributed by atoms with E-state index in [1.807, 2.05) is 18.3 Å². The van der Waals surface area contributed by atoms with Crippen LogP contribution in [0.5, 0.6) is 0 Å². The molecule has 3 nitrogen and oxygen atoms in total. The predicted octanol–water partition coefficient (Wildman–Crippen LogP) is 2.09. The Morgan fingerprint density at radius 1 is 1.41 bits per heavy atom. The Kier molecular flexibility index (Phi) is 2.74. The van der Waals surface area contributed by atoms with Gasteiger partial charge in [-0.05, 0) is 43.7 Å². The topological polar surface area (TPSA) is 42.1 Å². The normalized spacial score (nSPS) is 19.1. The summed E-state index contributed by atoms with van der Waals surface area (Å²) in [4.78, 5) is 7.37. The van der Waals surface area contributed by atoms with Crippen LogP contribution < -0.4 is 10.6 Å². The minimum Gasteiger partial charge on any atom is -0.389 e. The highest BCUT2D eigenvalue weighted by Gasteiger charge is 2.34. The highest BCUT2D eigenvalue weighted by atomic mass is 32.1. The SMILES string of the molecule is NC(=S)c1ccnc(N(CC2CC2)C2CC2)c1. The van der Waals surface area contributed by atoms with Crippen LogP contribution in [0, 0.1) is 5.92 Å². The molecule has 17 heavy (non-hydrogen) atoms. The lowest BCUT2D eigenvalue weighted by atomic mass is 10.2. The van der Waals surface area contributed by atoms with Crippen molar-refractivity contribution < 1.29 is 0 Å². The fraction of sp³-hybridized carbons (Fsp3) is 0.538. The first-order chi connectivity index (χ1) is 8.24. The van der Waals surface area contributed by atoms with Crippen molar-refractivity contribution in [2.75, 3.05) is 11.4 Å². The number of hydrogen-bond donors (Lipinski definition) is 1. The Balaban J connectivity index is 1.83. The van der Waals surface area contributed by atoms with Gasteiger partial charge < -0.3 is 10.6 Å². The number of aromatic nitrogens is 1. The lowest BCUT2D eigenvalue weighted by Gasteiger charge is -2.23. The highest BCUT2D eigenvalue weighted by Crippen LogP contribution is 2.37. The minimum atomic E-state index is 0.454. The molecule has 0 spiro atoms. The molecule has 0 unspecified atom stereocenters. The summed E-state index contributed by atoms with van der Waals surface area (Å²) < 4.78 is 0. The number of rotatable bonds is 5. The van der Waals surface area contributed by atoms with Gasteiger partial charge in [-0.1, -0.05) is 12.2 Å². The van der Waals surface area contributed by atoms with E-state index in [-0.39, 0.29) is 0 Å². The number of pyridine rings is 1. The summed E-state index contributed by atoms with van der Waals surface area (Å²) in [5.41, 5.74) is 6.60. The van der Waals surface area contributed by atoms with Crippen LogP contribution in [0.4, 0.5) is 5.82 Å². The van der Waals surface area contributed by atoms with E-state index in [9.17, 15) is 0 Å². The summed E-state index contributed by atoms with van der Waals surface area (Å²) in [5.74, 6) is 1.93. The first-order valence-corrected chi connectivity index (χ1v) is 6.67. The number of hydrogen-bond acceptors (Lipinski definition) is 3. The molecule has 0 aliphatic heterocycles. The Bertz CT molecular complexity index is 438. The summed E-state index contributed by atoms with van der Waals surface area (Å²) in [6, 6.07) is 4.61. The molecule has 2 N–H and O–H groups in total. The van der Waals surface area contributed by atoms with Gasteiger partial charge in [-0.2, -0.15) is 0 Å². The number of anilines is 1. The van der Waals surface area contributed by atoms with E-state index < -0.39 is 0 Å². The molecule has 0 atom stereocenters. The van der Waals surface area contributed by atoms with Gasteiger partial charge in [0.15, 0.2) is 0 Å². The Morgan fingerprint density at radius 2 is 2.18 bits per heavy atom. The van der Waals surface area contributed by atoms with Gasteiger partial charge in [0, 0.05) is 24.3 Å². The van der Waals surface area contributed by atoms with Crippen LogP contribution in [-0.4, -0.2) is 22.6 Å². The van der Waals surface area contributed by atoms with Crippen molar-refractivity contribution >= 4 is 23.0 Å². The zero-order chi connectivity index (χ0) is 11.8. The molecule has 1 heterocycles. The van der Waals surface area contributed by atoms with E-state index in [0.717, 1.165) is 23.8 Å². The molecule has 0 saturated heterocycles. The maximum Gasteiger partial charge on any atom is 0.129 e. The van der Waals surface area contributed by atoms with Crippen LogP contribution in [0.15, 0.2) is 18.3 Å². The standard InChI is InChI=1S/C13H17N3S/c14-13(17)10-5-6-15-12(7-10)16(11-3-4-11)8-9-1-2-9/h5-7,9,11H,1-4,8H2,(H2,14,17). The third-order valence-electron chi connectivity index (χ3n) is 3.46. The van der Waals surface area contributed by atoms with Crippen LogP contribution in [0.3, 0.4) is 0 Å². The van der Waals surface area contributed by atoms with Gasteiger partial charge in [0.05, 0.1) is 0 Å². The molecule has 0 bridgehead atoms. The fourth-order valence-corrected chi connectivity index (χ4v) is 2.25. The zero-order valence-electron chi connectivity index (χ0n) is 9.80. The van der Waals surface area contributed by atoms with Crippen molar-refractivity contribution in [3.63, 3.8) is 0 Å². The van der Waals surface area contributed by atoms with E-state index in [0.29, 0.717) is 11.0 Å². The molecule has 4 heteroatoms. The molecular weight excluding hydrogens is 230 g/mol. The Morgan fingerprint density at radius 3 is 2.76 bits per heavy atom. The maximum atomic E-state index is 5.67. The van der Waals surface area contributed by atoms with Crippen LogP contribution in [-0.2, 0) is 0 Å².